The lowest BCUT2D eigenvalue weighted by atomic mass is 10.1. The minimum atomic E-state index is -0.250. The van der Waals surface area contributed by atoms with E-state index in [0.29, 0.717) is 19.8 Å². The highest BCUT2D eigenvalue weighted by atomic mass is 16.7. The number of aryl methyl sites for hydroxylation is 1. The summed E-state index contributed by atoms with van der Waals surface area (Å²) < 4.78 is 10.8. The smallest absolute Gasteiger partial charge is 0.217 e. The zero-order valence-electron chi connectivity index (χ0n) is 12.2. The first-order valence-electron chi connectivity index (χ1n) is 6.88. The molecule has 1 fully saturated rings. The molecule has 0 aliphatic carbocycles. The van der Waals surface area contributed by atoms with Crippen molar-refractivity contribution in [3.8, 4) is 0 Å². The summed E-state index contributed by atoms with van der Waals surface area (Å²) in [5.74, 6) is -0.0463. The van der Waals surface area contributed by atoms with Gasteiger partial charge in [-0.2, -0.15) is 0 Å². The Morgan fingerprint density at radius 2 is 2.19 bits per heavy atom. The molecule has 7 nitrogen and oxygen atoms in total. The Balaban J connectivity index is 0.000000677. The van der Waals surface area contributed by atoms with Crippen molar-refractivity contribution in [2.24, 2.45) is 5.73 Å². The molecule has 0 unspecified atom stereocenters. The molecule has 1 aliphatic heterocycles. The van der Waals surface area contributed by atoms with Gasteiger partial charge in [0.05, 0.1) is 32.2 Å². The molecular formula is C14H23N3O4. The summed E-state index contributed by atoms with van der Waals surface area (Å²) in [6.07, 6.45) is 3.43. The number of carbonyl (C=O) groups is 1. The van der Waals surface area contributed by atoms with Crippen molar-refractivity contribution < 1.29 is 19.4 Å². The number of amides is 1. The van der Waals surface area contributed by atoms with Crippen molar-refractivity contribution >= 4 is 5.91 Å². The van der Waals surface area contributed by atoms with Crippen LogP contribution in [0.25, 0.3) is 0 Å². The molecule has 1 aliphatic rings. The number of carbonyl (C=O) groups excluding carboxylic acids is 1. The summed E-state index contributed by atoms with van der Waals surface area (Å²) >= 11 is 0. The van der Waals surface area contributed by atoms with Crippen LogP contribution in [0.2, 0.25) is 0 Å². The Kier molecular flexibility index (Phi) is 8.53. The highest BCUT2D eigenvalue weighted by Crippen LogP contribution is 2.12. The van der Waals surface area contributed by atoms with Gasteiger partial charge in [-0.3, -0.25) is 9.78 Å². The lowest BCUT2D eigenvalue weighted by Crippen LogP contribution is -2.19. The molecule has 1 aromatic rings. The van der Waals surface area contributed by atoms with Crippen LogP contribution in [0.3, 0.4) is 0 Å². The van der Waals surface area contributed by atoms with E-state index in [0.717, 1.165) is 18.5 Å². The SMILES string of the molecule is CC(=O)NCc1cc(CCC2OCCO2)ccn1.NCO. The zero-order chi connectivity index (χ0) is 15.5. The Bertz CT molecular complexity index is 422. The summed E-state index contributed by atoms with van der Waals surface area (Å²) in [4.78, 5) is 15.0. The number of aliphatic hydroxyl groups is 1. The number of hydrogen-bond acceptors (Lipinski definition) is 6. The third kappa shape index (κ3) is 7.72. The lowest BCUT2D eigenvalue weighted by molar-refractivity contribution is -0.119. The molecule has 0 aromatic carbocycles. The normalized spacial score (nSPS) is 14.4. The number of ether oxygens (including phenoxy) is 2. The van der Waals surface area contributed by atoms with E-state index in [1.807, 2.05) is 12.1 Å². The highest BCUT2D eigenvalue weighted by molar-refractivity contribution is 5.72. The zero-order valence-corrected chi connectivity index (χ0v) is 12.2. The molecule has 4 N–H and O–H groups in total. The fourth-order valence-corrected chi connectivity index (χ4v) is 1.85. The summed E-state index contributed by atoms with van der Waals surface area (Å²) in [7, 11) is 0. The molecule has 0 saturated carbocycles. The quantitative estimate of drug-likeness (QED) is 0.656. The van der Waals surface area contributed by atoms with E-state index in [1.54, 1.807) is 6.20 Å². The van der Waals surface area contributed by atoms with Crippen molar-refractivity contribution in [3.05, 3.63) is 29.6 Å². The number of nitrogens with two attached hydrogens (primary N) is 1. The van der Waals surface area contributed by atoms with Crippen LogP contribution in [0.5, 0.6) is 0 Å². The van der Waals surface area contributed by atoms with Crippen LogP contribution in [0.4, 0.5) is 0 Å². The molecule has 1 saturated heterocycles. The number of hydrogen-bond donors (Lipinski definition) is 3. The molecule has 2 rings (SSSR count). The van der Waals surface area contributed by atoms with E-state index in [9.17, 15) is 4.79 Å². The molecule has 0 spiro atoms. The molecule has 7 heteroatoms. The fraction of sp³-hybridized carbons (Fsp3) is 0.571. The van der Waals surface area contributed by atoms with Gasteiger partial charge in [-0.05, 0) is 24.1 Å². The number of aliphatic hydroxyl groups excluding tert-OH is 1. The second kappa shape index (κ2) is 10.2. The molecule has 2 heterocycles. The lowest BCUT2D eigenvalue weighted by Gasteiger charge is -2.09. The summed E-state index contributed by atoms with van der Waals surface area (Å²) in [6, 6.07) is 3.98. The number of aromatic nitrogens is 1. The first-order valence-corrected chi connectivity index (χ1v) is 6.88. The summed E-state index contributed by atoms with van der Waals surface area (Å²) in [5.41, 5.74) is 6.46. The van der Waals surface area contributed by atoms with Gasteiger partial charge < -0.3 is 25.6 Å². The number of nitrogens with zero attached hydrogens (tertiary/aromatic N) is 1. The van der Waals surface area contributed by atoms with Gasteiger partial charge in [-0.25, -0.2) is 0 Å². The van der Waals surface area contributed by atoms with Gasteiger partial charge in [0.1, 0.15) is 0 Å². The first kappa shape index (κ1) is 17.5. The average Bonchev–Trinajstić information content (AvgIpc) is 2.98. The number of nitrogens with one attached hydrogen (secondary N) is 1. The van der Waals surface area contributed by atoms with Crippen LogP contribution in [-0.2, 0) is 27.2 Å². The maximum absolute atomic E-state index is 10.8. The predicted octanol–water partition coefficient (Wildman–Crippen LogP) is -0.0819. The second-order valence-electron chi connectivity index (χ2n) is 4.46. The maximum Gasteiger partial charge on any atom is 0.217 e. The minimum Gasteiger partial charge on any atom is -0.382 e. The van der Waals surface area contributed by atoms with Gasteiger partial charge in [-0.15, -0.1) is 0 Å². The van der Waals surface area contributed by atoms with E-state index < -0.39 is 0 Å². The molecule has 0 radical (unpaired) electrons. The standard InChI is InChI=1S/C13H18N2O3.CH5NO/c1-10(16)15-9-12-8-11(4-5-14-12)2-3-13-17-6-7-18-13;2-1-3/h4-5,8,13H,2-3,6-7,9H2,1H3,(H,15,16);3H,1-2H2. The van der Waals surface area contributed by atoms with Crippen LogP contribution in [0, 0.1) is 0 Å². The molecule has 0 atom stereocenters. The fourth-order valence-electron chi connectivity index (χ4n) is 1.85. The molecular weight excluding hydrogens is 274 g/mol. The Labute approximate surface area is 124 Å². The molecule has 21 heavy (non-hydrogen) atoms. The number of rotatable bonds is 5. The Morgan fingerprint density at radius 1 is 1.52 bits per heavy atom. The van der Waals surface area contributed by atoms with E-state index in [4.69, 9.17) is 14.6 Å². The van der Waals surface area contributed by atoms with Gasteiger partial charge in [0.15, 0.2) is 6.29 Å². The largest absolute Gasteiger partial charge is 0.382 e. The monoisotopic (exact) mass is 297 g/mol. The van der Waals surface area contributed by atoms with Gasteiger partial charge >= 0.3 is 0 Å². The third-order valence-electron chi connectivity index (χ3n) is 2.76. The predicted molar refractivity (Wildman–Crippen MR) is 77.0 cm³/mol. The molecule has 118 valence electrons. The van der Waals surface area contributed by atoms with Gasteiger partial charge in [-0.1, -0.05) is 0 Å². The van der Waals surface area contributed by atoms with E-state index in [1.165, 1.54) is 12.5 Å². The third-order valence-corrected chi connectivity index (χ3v) is 2.76. The Morgan fingerprint density at radius 3 is 2.81 bits per heavy atom. The van der Waals surface area contributed by atoms with E-state index in [2.05, 4.69) is 16.0 Å². The second-order valence-corrected chi connectivity index (χ2v) is 4.46. The number of pyridine rings is 1. The topological polar surface area (TPSA) is 107 Å². The van der Waals surface area contributed by atoms with E-state index >= 15 is 0 Å². The van der Waals surface area contributed by atoms with Crippen LogP contribution >= 0.6 is 0 Å². The average molecular weight is 297 g/mol. The summed E-state index contributed by atoms with van der Waals surface area (Å²) in [6.45, 7) is 3.10. The van der Waals surface area contributed by atoms with Crippen molar-refractivity contribution in [1.29, 1.82) is 0 Å². The first-order chi connectivity index (χ1) is 10.2. The van der Waals surface area contributed by atoms with Crippen molar-refractivity contribution in [3.63, 3.8) is 0 Å². The molecule has 1 aromatic heterocycles. The molecule has 1 amide bonds. The van der Waals surface area contributed by atoms with Crippen molar-refractivity contribution in [1.82, 2.24) is 10.3 Å². The summed E-state index contributed by atoms with van der Waals surface area (Å²) in [5, 5.41) is 10.1. The van der Waals surface area contributed by atoms with Gasteiger partial charge in [0.25, 0.3) is 0 Å². The minimum absolute atomic E-state index is 0.0463. The van der Waals surface area contributed by atoms with Crippen LogP contribution in [-0.4, -0.2) is 42.2 Å². The van der Waals surface area contributed by atoms with Gasteiger partial charge in [0.2, 0.25) is 5.91 Å². The van der Waals surface area contributed by atoms with Crippen molar-refractivity contribution in [2.75, 3.05) is 19.9 Å². The van der Waals surface area contributed by atoms with Crippen LogP contribution < -0.4 is 11.1 Å². The van der Waals surface area contributed by atoms with E-state index in [-0.39, 0.29) is 18.9 Å². The van der Waals surface area contributed by atoms with Gasteiger partial charge in [0, 0.05) is 19.5 Å². The van der Waals surface area contributed by atoms with Crippen molar-refractivity contribution in [2.45, 2.75) is 32.6 Å². The van der Waals surface area contributed by atoms with Crippen LogP contribution in [0.15, 0.2) is 18.3 Å². The van der Waals surface area contributed by atoms with Crippen LogP contribution in [0.1, 0.15) is 24.6 Å². The molecule has 0 bridgehead atoms. The highest BCUT2D eigenvalue weighted by Gasteiger charge is 2.15. The Hall–Kier alpha value is -1.54. The maximum atomic E-state index is 10.8.